The van der Waals surface area contributed by atoms with Crippen LogP contribution in [0.2, 0.25) is 0 Å². The molecule has 0 atom stereocenters. The van der Waals surface area contributed by atoms with Gasteiger partial charge in [-0.25, -0.2) is 0 Å². The number of aromatic amines is 1. The summed E-state index contributed by atoms with van der Waals surface area (Å²) in [5.74, 6) is 0. The average Bonchev–Trinajstić information content (AvgIpc) is 3.16. The number of hydrogen-bond donors (Lipinski definition) is 1. The fourth-order valence-corrected chi connectivity index (χ4v) is 3.92. The Bertz CT molecular complexity index is 828. The minimum atomic E-state index is 0. The van der Waals surface area contributed by atoms with Crippen LogP contribution in [0.5, 0.6) is 0 Å². The Morgan fingerprint density at radius 2 is 1.70 bits per heavy atom. The molecule has 1 aromatic heterocycles. The molecule has 3 aromatic rings. The molecule has 0 aliphatic carbocycles. The lowest BCUT2D eigenvalue weighted by Gasteiger charge is -2.15. The quantitative estimate of drug-likeness (QED) is 0.717. The maximum Gasteiger partial charge on any atom is 0.0497 e. The molecule has 1 fully saturated rings. The van der Waals surface area contributed by atoms with Crippen LogP contribution in [0, 0.1) is 13.8 Å². The first-order valence-corrected chi connectivity index (χ1v) is 8.46. The molecule has 1 N–H and O–H groups in total. The zero-order valence-electron chi connectivity index (χ0n) is 14.0. The summed E-state index contributed by atoms with van der Waals surface area (Å²) in [6.07, 6.45) is 3.89. The number of aromatic nitrogens is 1. The Balaban J connectivity index is 0.00000156. The SMILES string of the molecule is Cc1ccc(C)c2c1[nH]c1cccc(CCN3CCCC3)c12.Cl. The van der Waals surface area contributed by atoms with Crippen LogP contribution < -0.4 is 0 Å². The normalized spacial score (nSPS) is 15.4. The van der Waals surface area contributed by atoms with Crippen molar-refractivity contribution in [1.82, 2.24) is 9.88 Å². The van der Waals surface area contributed by atoms with Crippen LogP contribution >= 0.6 is 12.4 Å². The molecule has 1 saturated heterocycles. The highest BCUT2D eigenvalue weighted by atomic mass is 35.5. The first kappa shape index (κ1) is 16.4. The number of fused-ring (bicyclic) bond motifs is 3. The molecule has 0 radical (unpaired) electrons. The van der Waals surface area contributed by atoms with E-state index >= 15 is 0 Å². The monoisotopic (exact) mass is 328 g/mol. The summed E-state index contributed by atoms with van der Waals surface area (Å²) >= 11 is 0. The molecular formula is C20H25ClN2. The van der Waals surface area contributed by atoms with Gasteiger partial charge in [0.1, 0.15) is 0 Å². The smallest absolute Gasteiger partial charge is 0.0497 e. The zero-order valence-corrected chi connectivity index (χ0v) is 14.8. The second-order valence-electron chi connectivity index (χ2n) is 6.71. The highest BCUT2D eigenvalue weighted by Crippen LogP contribution is 2.33. The summed E-state index contributed by atoms with van der Waals surface area (Å²) in [6.45, 7) is 8.17. The lowest BCUT2D eigenvalue weighted by Crippen LogP contribution is -2.21. The van der Waals surface area contributed by atoms with Gasteiger partial charge in [0.05, 0.1) is 0 Å². The largest absolute Gasteiger partial charge is 0.354 e. The van der Waals surface area contributed by atoms with E-state index in [2.05, 4.69) is 54.1 Å². The molecule has 1 aliphatic heterocycles. The Kier molecular flexibility index (Phi) is 4.65. The summed E-state index contributed by atoms with van der Waals surface area (Å²) in [5.41, 5.74) is 6.79. The van der Waals surface area contributed by atoms with Crippen molar-refractivity contribution in [2.75, 3.05) is 19.6 Å². The number of H-pyrrole nitrogens is 1. The van der Waals surface area contributed by atoms with Gasteiger partial charge in [0, 0.05) is 28.4 Å². The van der Waals surface area contributed by atoms with Gasteiger partial charge in [0.25, 0.3) is 0 Å². The van der Waals surface area contributed by atoms with E-state index < -0.39 is 0 Å². The maximum atomic E-state index is 3.64. The van der Waals surface area contributed by atoms with Crippen LogP contribution in [0.25, 0.3) is 21.8 Å². The highest BCUT2D eigenvalue weighted by molar-refractivity contribution is 6.11. The molecule has 0 spiro atoms. The van der Waals surface area contributed by atoms with Crippen molar-refractivity contribution in [3.8, 4) is 0 Å². The Labute approximate surface area is 144 Å². The molecule has 2 nitrogen and oxygen atoms in total. The molecule has 4 rings (SSSR count). The predicted octanol–water partition coefficient (Wildman–Crippen LogP) is 5.00. The van der Waals surface area contributed by atoms with E-state index in [0.29, 0.717) is 0 Å². The van der Waals surface area contributed by atoms with Gasteiger partial charge < -0.3 is 9.88 Å². The summed E-state index contributed by atoms with van der Waals surface area (Å²) in [4.78, 5) is 6.24. The van der Waals surface area contributed by atoms with Crippen molar-refractivity contribution < 1.29 is 0 Å². The van der Waals surface area contributed by atoms with Crippen molar-refractivity contribution in [2.45, 2.75) is 33.1 Å². The molecule has 0 saturated carbocycles. The minimum absolute atomic E-state index is 0. The third-order valence-corrected chi connectivity index (χ3v) is 5.18. The van der Waals surface area contributed by atoms with Crippen molar-refractivity contribution >= 4 is 34.2 Å². The topological polar surface area (TPSA) is 19.0 Å². The minimum Gasteiger partial charge on any atom is -0.354 e. The van der Waals surface area contributed by atoms with E-state index in [4.69, 9.17) is 0 Å². The van der Waals surface area contributed by atoms with Crippen molar-refractivity contribution in [1.29, 1.82) is 0 Å². The molecule has 2 heterocycles. The molecule has 0 unspecified atom stereocenters. The fraction of sp³-hybridized carbons (Fsp3) is 0.400. The van der Waals surface area contributed by atoms with E-state index in [-0.39, 0.29) is 12.4 Å². The maximum absolute atomic E-state index is 3.64. The van der Waals surface area contributed by atoms with Gasteiger partial charge >= 0.3 is 0 Å². The Hall–Kier alpha value is -1.51. The van der Waals surface area contributed by atoms with Gasteiger partial charge in [0.15, 0.2) is 0 Å². The van der Waals surface area contributed by atoms with Gasteiger partial charge in [-0.15, -0.1) is 12.4 Å². The van der Waals surface area contributed by atoms with E-state index in [0.717, 1.165) is 6.42 Å². The zero-order chi connectivity index (χ0) is 15.1. The van der Waals surface area contributed by atoms with Crippen molar-refractivity contribution in [3.05, 3.63) is 47.0 Å². The number of nitrogens with zero attached hydrogens (tertiary/aromatic N) is 1. The van der Waals surface area contributed by atoms with E-state index in [1.165, 1.54) is 71.0 Å². The lowest BCUT2D eigenvalue weighted by atomic mass is 9.99. The van der Waals surface area contributed by atoms with Crippen LogP contribution in [-0.2, 0) is 6.42 Å². The molecule has 122 valence electrons. The second kappa shape index (κ2) is 6.54. The third kappa shape index (κ3) is 2.86. The lowest BCUT2D eigenvalue weighted by molar-refractivity contribution is 0.344. The highest BCUT2D eigenvalue weighted by Gasteiger charge is 2.15. The van der Waals surface area contributed by atoms with Crippen LogP contribution in [0.1, 0.15) is 29.5 Å². The first-order chi connectivity index (χ1) is 10.7. The number of hydrogen-bond acceptors (Lipinski definition) is 1. The molecule has 0 amide bonds. The summed E-state index contributed by atoms with van der Waals surface area (Å²) in [6, 6.07) is 11.2. The Morgan fingerprint density at radius 3 is 2.48 bits per heavy atom. The average molecular weight is 329 g/mol. The van der Waals surface area contributed by atoms with Crippen LogP contribution in [0.15, 0.2) is 30.3 Å². The molecular weight excluding hydrogens is 304 g/mol. The predicted molar refractivity (Wildman–Crippen MR) is 102 cm³/mol. The standard InChI is InChI=1S/C20H24N2.ClH/c1-14-8-9-15(2)20-18(14)19-16(6-5-7-17(19)21-20)10-13-22-11-3-4-12-22;/h5-9,21H,3-4,10-13H2,1-2H3;1H. The van der Waals surface area contributed by atoms with Gasteiger partial charge in [-0.3, -0.25) is 0 Å². The van der Waals surface area contributed by atoms with Crippen molar-refractivity contribution in [3.63, 3.8) is 0 Å². The van der Waals surface area contributed by atoms with E-state index in [9.17, 15) is 0 Å². The fourth-order valence-electron chi connectivity index (χ4n) is 3.92. The molecule has 1 aliphatic rings. The summed E-state index contributed by atoms with van der Waals surface area (Å²) in [7, 11) is 0. The number of rotatable bonds is 3. The number of halogens is 1. The number of benzene rings is 2. The van der Waals surface area contributed by atoms with Gasteiger partial charge in [-0.1, -0.05) is 24.3 Å². The molecule has 0 bridgehead atoms. The second-order valence-corrected chi connectivity index (χ2v) is 6.71. The molecule has 23 heavy (non-hydrogen) atoms. The van der Waals surface area contributed by atoms with E-state index in [1.807, 2.05) is 0 Å². The number of nitrogens with one attached hydrogen (secondary N) is 1. The summed E-state index contributed by atoms with van der Waals surface area (Å²) in [5, 5.41) is 2.87. The van der Waals surface area contributed by atoms with Gasteiger partial charge in [-0.05, 0) is 69.0 Å². The number of likely N-dealkylation sites (tertiary alicyclic amines) is 1. The Morgan fingerprint density at radius 1 is 0.957 bits per heavy atom. The molecule has 2 aromatic carbocycles. The van der Waals surface area contributed by atoms with Crippen molar-refractivity contribution in [2.24, 2.45) is 0 Å². The van der Waals surface area contributed by atoms with Crippen LogP contribution in [0.4, 0.5) is 0 Å². The van der Waals surface area contributed by atoms with Crippen LogP contribution in [0.3, 0.4) is 0 Å². The molecule has 3 heteroatoms. The number of aryl methyl sites for hydroxylation is 2. The van der Waals surface area contributed by atoms with Gasteiger partial charge in [0.2, 0.25) is 0 Å². The van der Waals surface area contributed by atoms with Gasteiger partial charge in [-0.2, -0.15) is 0 Å². The first-order valence-electron chi connectivity index (χ1n) is 8.46. The van der Waals surface area contributed by atoms with Crippen LogP contribution in [-0.4, -0.2) is 29.5 Å². The summed E-state index contributed by atoms with van der Waals surface area (Å²) < 4.78 is 0. The van der Waals surface area contributed by atoms with E-state index in [1.54, 1.807) is 0 Å². The third-order valence-electron chi connectivity index (χ3n) is 5.18.